The molecule has 0 bridgehead atoms. The Kier molecular flexibility index (Phi) is 10.1. The van der Waals surface area contributed by atoms with Crippen LogP contribution in [0.3, 0.4) is 0 Å². The Labute approximate surface area is 101 Å². The first-order chi connectivity index (χ1) is 7.86. The first-order valence-electron chi connectivity index (χ1n) is 6.61. The molecule has 0 aliphatic carbocycles. The fourth-order valence-corrected chi connectivity index (χ4v) is 1.44. The van der Waals surface area contributed by atoms with Crippen molar-refractivity contribution in [2.45, 2.75) is 40.5 Å². The summed E-state index contributed by atoms with van der Waals surface area (Å²) in [6, 6.07) is 10.7. The maximum atomic E-state index is 3.28. The van der Waals surface area contributed by atoms with E-state index in [-0.39, 0.29) is 0 Å². The van der Waals surface area contributed by atoms with E-state index in [9.17, 15) is 0 Å². The molecule has 1 saturated heterocycles. The Hall–Kier alpha value is -0.820. The minimum Gasteiger partial charge on any atom is -0.316 e. The van der Waals surface area contributed by atoms with Gasteiger partial charge in [0.1, 0.15) is 0 Å². The monoisotopic (exact) mass is 221 g/mol. The van der Waals surface area contributed by atoms with Crippen LogP contribution in [0.25, 0.3) is 0 Å². The van der Waals surface area contributed by atoms with Crippen LogP contribution in [0.4, 0.5) is 0 Å². The number of hydrogen-bond acceptors (Lipinski definition) is 1. The maximum Gasteiger partial charge on any atom is -0.000506 e. The molecule has 1 aromatic rings. The van der Waals surface area contributed by atoms with E-state index in [0.717, 1.165) is 5.92 Å². The average molecular weight is 221 g/mol. The van der Waals surface area contributed by atoms with Crippen LogP contribution in [0.5, 0.6) is 0 Å². The van der Waals surface area contributed by atoms with Crippen molar-refractivity contribution >= 4 is 0 Å². The summed E-state index contributed by atoms with van der Waals surface area (Å²) >= 11 is 0. The molecular weight excluding hydrogens is 194 g/mol. The number of nitrogens with one attached hydrogen (secondary N) is 1. The predicted octanol–water partition coefficient (Wildman–Crippen LogP) is 3.89. The van der Waals surface area contributed by atoms with Gasteiger partial charge in [0.25, 0.3) is 0 Å². The third-order valence-electron chi connectivity index (χ3n) is 2.23. The first-order valence-corrected chi connectivity index (χ1v) is 6.61. The lowest BCUT2D eigenvalue weighted by atomic mass is 9.95. The highest BCUT2D eigenvalue weighted by Gasteiger charge is 2.16. The van der Waals surface area contributed by atoms with E-state index in [2.05, 4.69) is 49.5 Å². The number of hydrogen-bond donors (Lipinski definition) is 1. The zero-order chi connectivity index (χ0) is 12.2. The minimum absolute atomic E-state index is 0.886. The summed E-state index contributed by atoms with van der Waals surface area (Å²) in [6.45, 7) is 10.7. The second kappa shape index (κ2) is 10.7. The third-order valence-corrected chi connectivity index (χ3v) is 2.23. The number of benzene rings is 1. The van der Waals surface area contributed by atoms with Crippen molar-refractivity contribution in [3.63, 3.8) is 0 Å². The van der Waals surface area contributed by atoms with Crippen molar-refractivity contribution in [3.8, 4) is 0 Å². The fourth-order valence-electron chi connectivity index (χ4n) is 1.44. The summed E-state index contributed by atoms with van der Waals surface area (Å²) in [7, 11) is 0. The van der Waals surface area contributed by atoms with Crippen LogP contribution >= 0.6 is 0 Å². The molecule has 16 heavy (non-hydrogen) atoms. The molecule has 1 N–H and O–H groups in total. The highest BCUT2D eigenvalue weighted by Crippen LogP contribution is 2.11. The van der Waals surface area contributed by atoms with Gasteiger partial charge in [0.05, 0.1) is 0 Å². The van der Waals surface area contributed by atoms with Crippen LogP contribution in [0.15, 0.2) is 30.3 Å². The zero-order valence-corrected chi connectivity index (χ0v) is 11.3. The van der Waals surface area contributed by atoms with E-state index in [1.807, 2.05) is 13.8 Å². The molecule has 0 aromatic heterocycles. The summed E-state index contributed by atoms with van der Waals surface area (Å²) in [5, 5.41) is 3.28. The van der Waals surface area contributed by atoms with Gasteiger partial charge >= 0.3 is 0 Å². The lowest BCUT2D eigenvalue weighted by Gasteiger charge is -2.26. The molecule has 92 valence electrons. The maximum absolute atomic E-state index is 3.28. The van der Waals surface area contributed by atoms with Gasteiger partial charge in [0.2, 0.25) is 0 Å². The van der Waals surface area contributed by atoms with Gasteiger partial charge < -0.3 is 5.32 Å². The molecule has 1 aliphatic heterocycles. The predicted molar refractivity (Wildman–Crippen MR) is 73.8 cm³/mol. The molecule has 0 atom stereocenters. The molecule has 2 rings (SSSR count). The second-order valence-electron chi connectivity index (χ2n) is 3.92. The molecule has 1 nitrogen and oxygen atoms in total. The molecule has 0 unspecified atom stereocenters. The molecule has 1 aromatic carbocycles. The van der Waals surface area contributed by atoms with Gasteiger partial charge in [-0.15, -0.1) is 0 Å². The van der Waals surface area contributed by atoms with Gasteiger partial charge in [-0.05, 0) is 31.0 Å². The van der Waals surface area contributed by atoms with Crippen LogP contribution < -0.4 is 5.32 Å². The van der Waals surface area contributed by atoms with E-state index in [0.29, 0.717) is 0 Å². The Bertz CT molecular complexity index is 226. The molecule has 1 fully saturated rings. The van der Waals surface area contributed by atoms with Crippen molar-refractivity contribution in [1.29, 1.82) is 0 Å². The highest BCUT2D eigenvalue weighted by atomic mass is 14.9. The summed E-state index contributed by atoms with van der Waals surface area (Å²) in [5.74, 6) is 0.886. The van der Waals surface area contributed by atoms with E-state index >= 15 is 0 Å². The third kappa shape index (κ3) is 6.62. The van der Waals surface area contributed by atoms with Gasteiger partial charge in [0, 0.05) is 0 Å². The van der Waals surface area contributed by atoms with Gasteiger partial charge in [-0.25, -0.2) is 0 Å². The van der Waals surface area contributed by atoms with Crippen LogP contribution in [0.2, 0.25) is 0 Å². The van der Waals surface area contributed by atoms with E-state index in [1.165, 1.54) is 31.5 Å². The lowest BCUT2D eigenvalue weighted by Crippen LogP contribution is -2.43. The van der Waals surface area contributed by atoms with E-state index in [1.54, 1.807) is 0 Å². The van der Waals surface area contributed by atoms with Crippen molar-refractivity contribution in [3.05, 3.63) is 35.9 Å². The van der Waals surface area contributed by atoms with Crippen molar-refractivity contribution in [2.24, 2.45) is 5.92 Å². The molecule has 1 aliphatic rings. The topological polar surface area (TPSA) is 12.0 Å². The molecule has 0 saturated carbocycles. The summed E-state index contributed by atoms with van der Waals surface area (Å²) in [5.41, 5.74) is 1.47. The Morgan fingerprint density at radius 1 is 1.06 bits per heavy atom. The van der Waals surface area contributed by atoms with Crippen LogP contribution in [-0.2, 0) is 6.42 Å². The largest absolute Gasteiger partial charge is 0.316 e. The zero-order valence-electron chi connectivity index (χ0n) is 11.3. The molecule has 0 amide bonds. The Morgan fingerprint density at radius 3 is 1.94 bits per heavy atom. The van der Waals surface area contributed by atoms with E-state index < -0.39 is 0 Å². The minimum atomic E-state index is 0.886. The standard InChI is InChI=1S/C10H13N.C3H8.C2H6/c1-2-4-9(5-3-1)6-10-7-11-8-10;1-3-2;1-2/h1-5,10-11H,6-8H2;3H2,1-2H3;1-2H3. The summed E-state index contributed by atoms with van der Waals surface area (Å²) < 4.78 is 0. The lowest BCUT2D eigenvalue weighted by molar-refractivity contribution is 0.346. The van der Waals surface area contributed by atoms with Gasteiger partial charge in [-0.3, -0.25) is 0 Å². The van der Waals surface area contributed by atoms with E-state index in [4.69, 9.17) is 0 Å². The van der Waals surface area contributed by atoms with Gasteiger partial charge in [-0.2, -0.15) is 0 Å². The SMILES string of the molecule is CC.CCC.c1ccc(CC2CNC2)cc1. The molecule has 0 spiro atoms. The van der Waals surface area contributed by atoms with Crippen molar-refractivity contribution in [2.75, 3.05) is 13.1 Å². The van der Waals surface area contributed by atoms with Crippen LogP contribution in [0, 0.1) is 5.92 Å². The number of rotatable bonds is 2. The van der Waals surface area contributed by atoms with Crippen LogP contribution in [0.1, 0.15) is 39.7 Å². The summed E-state index contributed by atoms with van der Waals surface area (Å²) in [4.78, 5) is 0. The molecule has 1 heterocycles. The molecule has 1 heteroatoms. The van der Waals surface area contributed by atoms with Crippen molar-refractivity contribution in [1.82, 2.24) is 5.32 Å². The molecular formula is C15H27N. The fraction of sp³-hybridized carbons (Fsp3) is 0.600. The molecule has 0 radical (unpaired) electrons. The average Bonchev–Trinajstić information content (AvgIpc) is 2.29. The van der Waals surface area contributed by atoms with Gasteiger partial charge in [0.15, 0.2) is 0 Å². The smallest absolute Gasteiger partial charge is 0.000506 e. The summed E-state index contributed by atoms with van der Waals surface area (Å²) in [6.07, 6.45) is 2.49. The first kappa shape index (κ1) is 15.2. The quantitative estimate of drug-likeness (QED) is 0.799. The normalized spacial score (nSPS) is 13.8. The van der Waals surface area contributed by atoms with Gasteiger partial charge in [-0.1, -0.05) is 64.4 Å². The van der Waals surface area contributed by atoms with Crippen LogP contribution in [-0.4, -0.2) is 13.1 Å². The van der Waals surface area contributed by atoms with Crippen molar-refractivity contribution < 1.29 is 0 Å². The Morgan fingerprint density at radius 2 is 1.56 bits per heavy atom. The Balaban J connectivity index is 0.000000394. The second-order valence-corrected chi connectivity index (χ2v) is 3.92. The highest BCUT2D eigenvalue weighted by molar-refractivity contribution is 5.15.